The number of hydrogen-bond acceptors (Lipinski definition) is 5. The van der Waals surface area contributed by atoms with Crippen molar-refractivity contribution in [3.8, 4) is 5.75 Å². The third kappa shape index (κ3) is 5.43. The fourth-order valence-electron chi connectivity index (χ4n) is 1.83. The molecule has 1 atom stereocenters. The van der Waals surface area contributed by atoms with Crippen LogP contribution in [0.2, 0.25) is 0 Å². The van der Waals surface area contributed by atoms with E-state index in [-0.39, 0.29) is 24.3 Å². The second-order valence-electron chi connectivity index (χ2n) is 4.91. The van der Waals surface area contributed by atoms with Gasteiger partial charge >= 0.3 is 5.97 Å². The zero-order valence-corrected chi connectivity index (χ0v) is 12.8. The molecule has 6 heteroatoms. The number of rotatable bonds is 7. The number of methoxy groups -OCH3 is 2. The van der Waals surface area contributed by atoms with Gasteiger partial charge in [-0.25, -0.2) is 0 Å². The van der Waals surface area contributed by atoms with Crippen LogP contribution in [0.15, 0.2) is 24.3 Å². The highest BCUT2D eigenvalue weighted by Crippen LogP contribution is 2.16. The fraction of sp³-hybridized carbons (Fsp3) is 0.467. The molecular weight excluding hydrogens is 272 g/mol. The van der Waals surface area contributed by atoms with E-state index in [1.165, 1.54) is 7.11 Å². The lowest BCUT2D eigenvalue weighted by molar-refractivity contribution is -0.144. The second-order valence-corrected chi connectivity index (χ2v) is 4.91. The van der Waals surface area contributed by atoms with E-state index in [1.807, 2.05) is 13.8 Å². The van der Waals surface area contributed by atoms with Gasteiger partial charge in [-0.1, -0.05) is 19.9 Å². The molecule has 1 unspecified atom stereocenters. The van der Waals surface area contributed by atoms with Gasteiger partial charge in [0.25, 0.3) is 0 Å². The molecule has 1 aromatic rings. The zero-order chi connectivity index (χ0) is 15.8. The first kappa shape index (κ1) is 17.0. The minimum atomic E-state index is -0.508. The molecule has 0 fully saturated rings. The Morgan fingerprint density at radius 3 is 2.52 bits per heavy atom. The SMILES string of the molecule is COC(=O)C(NCC(=O)Nc1cccc(OC)c1)C(C)C. The third-order valence-electron chi connectivity index (χ3n) is 2.96. The number of amides is 1. The maximum atomic E-state index is 11.9. The zero-order valence-electron chi connectivity index (χ0n) is 12.8. The van der Waals surface area contributed by atoms with Crippen molar-refractivity contribution >= 4 is 17.6 Å². The summed E-state index contributed by atoms with van der Waals surface area (Å²) >= 11 is 0. The van der Waals surface area contributed by atoms with Gasteiger partial charge in [-0.3, -0.25) is 14.9 Å². The molecule has 0 spiro atoms. The molecule has 0 aliphatic rings. The van der Waals surface area contributed by atoms with Crippen LogP contribution < -0.4 is 15.4 Å². The molecule has 0 saturated carbocycles. The van der Waals surface area contributed by atoms with E-state index in [2.05, 4.69) is 10.6 Å². The molecule has 0 aliphatic heterocycles. The number of benzene rings is 1. The smallest absolute Gasteiger partial charge is 0.323 e. The number of nitrogens with one attached hydrogen (secondary N) is 2. The predicted octanol–water partition coefficient (Wildman–Crippen LogP) is 1.42. The summed E-state index contributed by atoms with van der Waals surface area (Å²) in [5.41, 5.74) is 0.639. The minimum absolute atomic E-state index is 0.0230. The van der Waals surface area contributed by atoms with Gasteiger partial charge in [0.2, 0.25) is 5.91 Å². The van der Waals surface area contributed by atoms with Gasteiger partial charge in [0, 0.05) is 11.8 Å². The Hall–Kier alpha value is -2.08. The lowest BCUT2D eigenvalue weighted by Crippen LogP contribution is -2.45. The molecule has 0 heterocycles. The summed E-state index contributed by atoms with van der Waals surface area (Å²) in [5.74, 6) is 0.0782. The van der Waals surface area contributed by atoms with Crippen molar-refractivity contribution in [1.29, 1.82) is 0 Å². The lowest BCUT2D eigenvalue weighted by atomic mass is 10.0. The van der Waals surface area contributed by atoms with E-state index in [1.54, 1.807) is 31.4 Å². The van der Waals surface area contributed by atoms with Gasteiger partial charge in [0.1, 0.15) is 11.8 Å². The van der Waals surface area contributed by atoms with Gasteiger partial charge in [0.05, 0.1) is 20.8 Å². The summed E-state index contributed by atoms with van der Waals surface area (Å²) in [6.45, 7) is 3.79. The normalized spacial score (nSPS) is 11.9. The third-order valence-corrected chi connectivity index (χ3v) is 2.96. The van der Waals surface area contributed by atoms with Crippen LogP contribution in [0.3, 0.4) is 0 Å². The monoisotopic (exact) mass is 294 g/mol. The van der Waals surface area contributed by atoms with Gasteiger partial charge in [-0.05, 0) is 18.1 Å². The average molecular weight is 294 g/mol. The van der Waals surface area contributed by atoms with E-state index in [9.17, 15) is 9.59 Å². The molecule has 6 nitrogen and oxygen atoms in total. The predicted molar refractivity (Wildman–Crippen MR) is 80.3 cm³/mol. The van der Waals surface area contributed by atoms with Crippen LogP contribution in [-0.2, 0) is 14.3 Å². The highest BCUT2D eigenvalue weighted by atomic mass is 16.5. The van der Waals surface area contributed by atoms with Crippen LogP contribution in [-0.4, -0.2) is 38.7 Å². The van der Waals surface area contributed by atoms with E-state index >= 15 is 0 Å². The summed E-state index contributed by atoms with van der Waals surface area (Å²) in [4.78, 5) is 23.5. The van der Waals surface area contributed by atoms with Gasteiger partial charge in [0.15, 0.2) is 0 Å². The molecule has 1 rings (SSSR count). The molecular formula is C15H22N2O4. The number of ether oxygens (including phenoxy) is 2. The van der Waals surface area contributed by atoms with Crippen molar-refractivity contribution in [2.45, 2.75) is 19.9 Å². The van der Waals surface area contributed by atoms with E-state index in [0.29, 0.717) is 11.4 Å². The average Bonchev–Trinajstić information content (AvgIpc) is 2.46. The highest BCUT2D eigenvalue weighted by molar-refractivity contribution is 5.92. The summed E-state index contributed by atoms with van der Waals surface area (Å²) in [7, 11) is 2.89. The summed E-state index contributed by atoms with van der Waals surface area (Å²) in [6.07, 6.45) is 0. The van der Waals surface area contributed by atoms with E-state index in [0.717, 1.165) is 0 Å². The molecule has 0 saturated heterocycles. The summed E-state index contributed by atoms with van der Waals surface area (Å²) in [6, 6.07) is 6.55. The topological polar surface area (TPSA) is 76.7 Å². The number of esters is 1. The van der Waals surface area contributed by atoms with E-state index in [4.69, 9.17) is 9.47 Å². The summed E-state index contributed by atoms with van der Waals surface area (Å²) in [5, 5.41) is 5.63. The van der Waals surface area contributed by atoms with E-state index < -0.39 is 6.04 Å². The number of carbonyl (C=O) groups excluding carboxylic acids is 2. The van der Waals surface area contributed by atoms with Crippen molar-refractivity contribution in [3.63, 3.8) is 0 Å². The Labute approximate surface area is 124 Å². The Morgan fingerprint density at radius 1 is 1.24 bits per heavy atom. The van der Waals surface area contributed by atoms with Crippen LogP contribution in [0.5, 0.6) is 5.75 Å². The molecule has 0 bridgehead atoms. The first-order valence-electron chi connectivity index (χ1n) is 6.73. The van der Waals surface area contributed by atoms with Crippen molar-refractivity contribution in [3.05, 3.63) is 24.3 Å². The van der Waals surface area contributed by atoms with Crippen molar-refractivity contribution in [1.82, 2.24) is 5.32 Å². The molecule has 0 radical (unpaired) electrons. The minimum Gasteiger partial charge on any atom is -0.497 e. The van der Waals surface area contributed by atoms with Crippen LogP contribution >= 0.6 is 0 Å². The lowest BCUT2D eigenvalue weighted by Gasteiger charge is -2.19. The second kappa shape index (κ2) is 8.26. The van der Waals surface area contributed by atoms with Crippen molar-refractivity contribution in [2.24, 2.45) is 5.92 Å². The Balaban J connectivity index is 2.54. The first-order chi connectivity index (χ1) is 9.97. The maximum absolute atomic E-state index is 11.9. The quantitative estimate of drug-likeness (QED) is 0.744. The number of hydrogen-bond donors (Lipinski definition) is 2. The Morgan fingerprint density at radius 2 is 1.95 bits per heavy atom. The molecule has 1 aromatic carbocycles. The Kier molecular flexibility index (Phi) is 6.68. The number of anilines is 1. The van der Waals surface area contributed by atoms with Crippen LogP contribution in [0.1, 0.15) is 13.8 Å². The van der Waals surface area contributed by atoms with Crippen LogP contribution in [0.4, 0.5) is 5.69 Å². The summed E-state index contributed by atoms with van der Waals surface area (Å²) < 4.78 is 9.79. The highest BCUT2D eigenvalue weighted by Gasteiger charge is 2.23. The van der Waals surface area contributed by atoms with Crippen molar-refractivity contribution < 1.29 is 19.1 Å². The molecule has 0 aliphatic carbocycles. The molecule has 21 heavy (non-hydrogen) atoms. The van der Waals surface area contributed by atoms with Gasteiger partial charge in [-0.15, -0.1) is 0 Å². The first-order valence-corrected chi connectivity index (χ1v) is 6.73. The van der Waals surface area contributed by atoms with Gasteiger partial charge < -0.3 is 14.8 Å². The molecule has 1 amide bonds. The fourth-order valence-corrected chi connectivity index (χ4v) is 1.83. The Bertz CT molecular complexity index is 488. The molecule has 116 valence electrons. The molecule has 0 aromatic heterocycles. The van der Waals surface area contributed by atoms with Gasteiger partial charge in [-0.2, -0.15) is 0 Å². The largest absolute Gasteiger partial charge is 0.497 e. The van der Waals surface area contributed by atoms with Crippen molar-refractivity contribution in [2.75, 3.05) is 26.1 Å². The maximum Gasteiger partial charge on any atom is 0.323 e. The van der Waals surface area contributed by atoms with Crippen LogP contribution in [0.25, 0.3) is 0 Å². The molecule has 2 N–H and O–H groups in total. The number of carbonyl (C=O) groups is 2. The standard InChI is InChI=1S/C15H22N2O4/c1-10(2)14(15(19)21-4)16-9-13(18)17-11-6-5-7-12(8-11)20-3/h5-8,10,14,16H,9H2,1-4H3,(H,17,18). The van der Waals surface area contributed by atoms with Crippen LogP contribution in [0, 0.1) is 5.92 Å².